The van der Waals surface area contributed by atoms with Crippen molar-refractivity contribution in [3.8, 4) is 11.4 Å². The number of amides is 2. The third-order valence-corrected chi connectivity index (χ3v) is 5.20. The highest BCUT2D eigenvalue weighted by Crippen LogP contribution is 2.33. The Hall–Kier alpha value is -2.35. The number of nitrogens with one attached hydrogen (secondary N) is 1. The van der Waals surface area contributed by atoms with Gasteiger partial charge in [-0.3, -0.25) is 0 Å². The quantitative estimate of drug-likeness (QED) is 0.549. The van der Waals surface area contributed by atoms with Crippen LogP contribution in [0.4, 0.5) is 10.5 Å². The number of carbonyl (C=O) groups is 1. The average molecular weight is 437 g/mol. The lowest BCUT2D eigenvalue weighted by molar-refractivity contribution is 0.249. The van der Waals surface area contributed by atoms with Crippen LogP contribution in [0.3, 0.4) is 0 Å². The van der Waals surface area contributed by atoms with Gasteiger partial charge in [0.25, 0.3) is 0 Å². The van der Waals surface area contributed by atoms with E-state index in [0.29, 0.717) is 10.7 Å². The van der Waals surface area contributed by atoms with Gasteiger partial charge in [0.15, 0.2) is 0 Å². The van der Waals surface area contributed by atoms with Gasteiger partial charge in [0.05, 0.1) is 46.5 Å². The van der Waals surface area contributed by atoms with Crippen molar-refractivity contribution in [1.29, 1.82) is 0 Å². The number of thiol groups is 1. The van der Waals surface area contributed by atoms with Crippen LogP contribution in [0.2, 0.25) is 10.0 Å². The maximum absolute atomic E-state index is 12.5. The first kappa shape index (κ1) is 20.4. The Morgan fingerprint density at radius 1 is 1.25 bits per heavy atom. The molecule has 3 aromatic rings. The number of halogens is 2. The van der Waals surface area contributed by atoms with E-state index in [1.165, 1.54) is 0 Å². The summed E-state index contributed by atoms with van der Waals surface area (Å²) < 4.78 is 8.07. The molecule has 0 saturated heterocycles. The van der Waals surface area contributed by atoms with Gasteiger partial charge in [-0.15, -0.1) is 0 Å². The molecule has 0 radical (unpaired) electrons. The molecule has 0 atom stereocenters. The van der Waals surface area contributed by atoms with Crippen molar-refractivity contribution in [2.75, 3.05) is 11.4 Å². The molecule has 0 bridgehead atoms. The number of aryl methyl sites for hydroxylation is 1. The minimum absolute atomic E-state index is 0.251. The SMILES string of the molecule is COc1ccc(-n2nc(C)cc2CNC(=O)N(S)c2cccc(Cl)c2Cl)cc1. The van der Waals surface area contributed by atoms with Gasteiger partial charge in [-0.25, -0.2) is 13.8 Å². The standard InChI is InChI=1S/C19H18Cl2N4O2S/c1-12-10-14(24(23-12)13-6-8-15(27-2)9-7-13)11-22-19(26)25(28)17-5-3-4-16(20)18(17)21/h3-10,28H,11H2,1-2H3,(H,22,26). The highest BCUT2D eigenvalue weighted by atomic mass is 35.5. The molecule has 2 aromatic carbocycles. The molecule has 9 heteroatoms. The van der Waals surface area contributed by atoms with Crippen LogP contribution >= 0.6 is 36.0 Å². The average Bonchev–Trinajstić information content (AvgIpc) is 3.08. The van der Waals surface area contributed by atoms with Crippen molar-refractivity contribution < 1.29 is 9.53 Å². The molecule has 1 N–H and O–H groups in total. The molecule has 28 heavy (non-hydrogen) atoms. The number of carbonyl (C=O) groups excluding carboxylic acids is 1. The monoisotopic (exact) mass is 436 g/mol. The number of urea groups is 1. The van der Waals surface area contributed by atoms with E-state index in [0.717, 1.165) is 27.1 Å². The number of benzene rings is 2. The number of hydrogen-bond donors (Lipinski definition) is 2. The molecule has 6 nitrogen and oxygen atoms in total. The lowest BCUT2D eigenvalue weighted by Gasteiger charge is -2.18. The van der Waals surface area contributed by atoms with E-state index in [4.69, 9.17) is 27.9 Å². The Bertz CT molecular complexity index is 992. The Balaban J connectivity index is 1.75. The molecule has 1 aromatic heterocycles. The summed E-state index contributed by atoms with van der Waals surface area (Å²) in [5.74, 6) is 0.756. The first-order chi connectivity index (χ1) is 13.4. The van der Waals surface area contributed by atoms with Gasteiger partial charge in [0, 0.05) is 0 Å². The van der Waals surface area contributed by atoms with Gasteiger partial charge < -0.3 is 10.1 Å². The molecule has 0 spiro atoms. The largest absolute Gasteiger partial charge is 0.497 e. The Kier molecular flexibility index (Phi) is 6.39. The molecule has 0 unspecified atom stereocenters. The predicted molar refractivity (Wildman–Crippen MR) is 115 cm³/mol. The molecule has 0 fully saturated rings. The predicted octanol–water partition coefficient (Wildman–Crippen LogP) is 5.06. The van der Waals surface area contributed by atoms with Crippen LogP contribution in [-0.4, -0.2) is 22.9 Å². The zero-order chi connectivity index (χ0) is 20.3. The van der Waals surface area contributed by atoms with E-state index in [2.05, 4.69) is 23.2 Å². The number of methoxy groups -OCH3 is 1. The fourth-order valence-electron chi connectivity index (χ4n) is 2.63. The molecule has 1 heterocycles. The highest BCUT2D eigenvalue weighted by molar-refractivity contribution is 7.82. The first-order valence-electron chi connectivity index (χ1n) is 8.31. The van der Waals surface area contributed by atoms with Crippen LogP contribution in [0, 0.1) is 6.92 Å². The van der Waals surface area contributed by atoms with E-state index >= 15 is 0 Å². The number of anilines is 1. The third kappa shape index (κ3) is 4.38. The van der Waals surface area contributed by atoms with Crippen LogP contribution in [0.15, 0.2) is 48.5 Å². The third-order valence-electron chi connectivity index (χ3n) is 3.99. The van der Waals surface area contributed by atoms with E-state index in [9.17, 15) is 4.79 Å². The lowest BCUT2D eigenvalue weighted by Crippen LogP contribution is -2.34. The van der Waals surface area contributed by atoms with Crippen molar-refractivity contribution in [2.45, 2.75) is 13.5 Å². The molecular formula is C19H18Cl2N4O2S. The number of ether oxygens (including phenoxy) is 1. The molecule has 0 aliphatic heterocycles. The Labute approximate surface area is 178 Å². The summed E-state index contributed by atoms with van der Waals surface area (Å²) in [6.45, 7) is 2.14. The fraction of sp³-hybridized carbons (Fsp3) is 0.158. The van der Waals surface area contributed by atoms with E-state index < -0.39 is 6.03 Å². The number of hydrogen-bond acceptors (Lipinski definition) is 4. The zero-order valence-corrected chi connectivity index (χ0v) is 17.6. The first-order valence-corrected chi connectivity index (χ1v) is 9.47. The van der Waals surface area contributed by atoms with Crippen LogP contribution in [0.1, 0.15) is 11.4 Å². The minimum Gasteiger partial charge on any atom is -0.497 e. The molecular weight excluding hydrogens is 419 g/mol. The van der Waals surface area contributed by atoms with Crippen LogP contribution in [-0.2, 0) is 6.54 Å². The highest BCUT2D eigenvalue weighted by Gasteiger charge is 2.17. The fourth-order valence-corrected chi connectivity index (χ4v) is 3.31. The summed E-state index contributed by atoms with van der Waals surface area (Å²) in [5, 5.41) is 7.91. The lowest BCUT2D eigenvalue weighted by atomic mass is 10.3. The van der Waals surface area contributed by atoms with Crippen molar-refractivity contribution in [3.63, 3.8) is 0 Å². The maximum atomic E-state index is 12.5. The summed E-state index contributed by atoms with van der Waals surface area (Å²) in [4.78, 5) is 12.5. The summed E-state index contributed by atoms with van der Waals surface area (Å²) in [5.41, 5.74) is 2.91. The Morgan fingerprint density at radius 3 is 2.64 bits per heavy atom. The zero-order valence-electron chi connectivity index (χ0n) is 15.2. The summed E-state index contributed by atoms with van der Waals surface area (Å²) in [7, 11) is 1.61. The number of rotatable bonds is 5. The van der Waals surface area contributed by atoms with E-state index in [1.54, 1.807) is 30.0 Å². The molecule has 0 aliphatic rings. The molecule has 3 rings (SSSR count). The minimum atomic E-state index is -0.437. The Morgan fingerprint density at radius 2 is 1.96 bits per heavy atom. The molecule has 0 saturated carbocycles. The van der Waals surface area contributed by atoms with Crippen LogP contribution < -0.4 is 14.4 Å². The van der Waals surface area contributed by atoms with Gasteiger partial charge in [-0.2, -0.15) is 5.10 Å². The van der Waals surface area contributed by atoms with Crippen LogP contribution in [0.25, 0.3) is 5.69 Å². The maximum Gasteiger partial charge on any atom is 0.332 e. The van der Waals surface area contributed by atoms with Crippen molar-refractivity contribution >= 4 is 47.7 Å². The van der Waals surface area contributed by atoms with Gasteiger partial charge >= 0.3 is 6.03 Å². The van der Waals surface area contributed by atoms with Gasteiger partial charge in [-0.1, -0.05) is 42.1 Å². The summed E-state index contributed by atoms with van der Waals surface area (Å²) in [6, 6.07) is 14.0. The van der Waals surface area contributed by atoms with Gasteiger partial charge in [0.1, 0.15) is 5.75 Å². The molecule has 2 amide bonds. The van der Waals surface area contributed by atoms with E-state index in [-0.39, 0.29) is 11.6 Å². The van der Waals surface area contributed by atoms with Crippen molar-refractivity contribution in [3.05, 3.63) is 70.0 Å². The van der Waals surface area contributed by atoms with E-state index in [1.807, 2.05) is 37.3 Å². The normalized spacial score (nSPS) is 10.6. The second kappa shape index (κ2) is 8.77. The van der Waals surface area contributed by atoms with Crippen molar-refractivity contribution in [2.24, 2.45) is 0 Å². The summed E-state index contributed by atoms with van der Waals surface area (Å²) in [6.07, 6.45) is 0. The second-order valence-corrected chi connectivity index (χ2v) is 7.12. The van der Waals surface area contributed by atoms with Crippen molar-refractivity contribution in [1.82, 2.24) is 15.1 Å². The molecule has 0 aliphatic carbocycles. The topological polar surface area (TPSA) is 59.4 Å². The smallest absolute Gasteiger partial charge is 0.332 e. The van der Waals surface area contributed by atoms with Crippen LogP contribution in [0.5, 0.6) is 5.75 Å². The second-order valence-electron chi connectivity index (χ2n) is 5.93. The van der Waals surface area contributed by atoms with Gasteiger partial charge in [-0.05, 0) is 49.4 Å². The number of nitrogens with zero attached hydrogens (tertiary/aromatic N) is 3. The molecule has 146 valence electrons. The summed E-state index contributed by atoms with van der Waals surface area (Å²) >= 11 is 16.4. The number of aromatic nitrogens is 2. The van der Waals surface area contributed by atoms with Gasteiger partial charge in [0.2, 0.25) is 0 Å².